The quantitative estimate of drug-likeness (QED) is 0.535. The summed E-state index contributed by atoms with van der Waals surface area (Å²) in [7, 11) is 0. The topological polar surface area (TPSA) is 72.9 Å². The summed E-state index contributed by atoms with van der Waals surface area (Å²) in [5.74, 6) is 0.826. The second kappa shape index (κ2) is 7.32. The second-order valence-electron chi connectivity index (χ2n) is 6.68. The monoisotopic (exact) mass is 362 g/mol. The fraction of sp³-hybridized carbons (Fsp3) is 0.286. The molecule has 0 atom stereocenters. The van der Waals surface area contributed by atoms with Crippen molar-refractivity contribution in [1.82, 2.24) is 19.1 Å². The van der Waals surface area contributed by atoms with E-state index >= 15 is 0 Å². The lowest BCUT2D eigenvalue weighted by Crippen LogP contribution is -2.26. The Balaban J connectivity index is 1.83. The number of aliphatic hydroxyl groups is 1. The number of aryl methyl sites for hydroxylation is 2. The minimum atomic E-state index is -0.264. The summed E-state index contributed by atoms with van der Waals surface area (Å²) in [6.07, 6.45) is 1.59. The highest BCUT2D eigenvalue weighted by molar-refractivity contribution is 5.81. The first-order chi connectivity index (χ1) is 13.2. The van der Waals surface area contributed by atoms with Gasteiger partial charge in [-0.05, 0) is 38.0 Å². The van der Waals surface area contributed by atoms with Crippen LogP contribution in [0.15, 0.2) is 53.3 Å². The summed E-state index contributed by atoms with van der Waals surface area (Å²) in [5, 5.41) is 10.1. The zero-order chi connectivity index (χ0) is 18.8. The van der Waals surface area contributed by atoms with Crippen molar-refractivity contribution in [1.29, 1.82) is 0 Å². The van der Waals surface area contributed by atoms with E-state index < -0.39 is 0 Å². The molecule has 4 rings (SSSR count). The molecular weight excluding hydrogens is 340 g/mol. The first kappa shape index (κ1) is 17.4. The zero-order valence-electron chi connectivity index (χ0n) is 15.3. The molecule has 6 nitrogen and oxygen atoms in total. The van der Waals surface area contributed by atoms with Crippen LogP contribution in [0.2, 0.25) is 0 Å². The Labute approximate surface area is 156 Å². The molecule has 0 fully saturated rings. The van der Waals surface area contributed by atoms with Crippen molar-refractivity contribution >= 4 is 21.9 Å². The van der Waals surface area contributed by atoms with Gasteiger partial charge in [-0.3, -0.25) is 4.57 Å². The molecule has 0 bridgehead atoms. The molecule has 2 heterocycles. The number of unbranched alkanes of at least 4 members (excludes halogenated alkanes) is 1. The van der Waals surface area contributed by atoms with E-state index in [-0.39, 0.29) is 12.3 Å². The summed E-state index contributed by atoms with van der Waals surface area (Å²) < 4.78 is 3.83. The molecule has 0 aliphatic heterocycles. The smallest absolute Gasteiger partial charge is 0.348 e. The Morgan fingerprint density at radius 2 is 1.67 bits per heavy atom. The molecule has 0 aliphatic carbocycles. The molecule has 27 heavy (non-hydrogen) atoms. The van der Waals surface area contributed by atoms with Crippen molar-refractivity contribution in [2.24, 2.45) is 0 Å². The van der Waals surface area contributed by atoms with Crippen LogP contribution in [-0.2, 0) is 13.1 Å². The number of hydrogen-bond donors (Lipinski definition) is 1. The second-order valence-corrected chi connectivity index (χ2v) is 6.68. The fourth-order valence-electron chi connectivity index (χ4n) is 3.55. The van der Waals surface area contributed by atoms with Crippen LogP contribution in [-0.4, -0.2) is 30.8 Å². The highest BCUT2D eigenvalue weighted by Gasteiger charge is 2.14. The standard InChI is InChI=1S/C21H22N4O2/c1-15-16-8-2-4-10-18(16)25(21(27)22-15)14-20-23-17-9-3-5-11-19(17)24(20)12-6-7-13-26/h2-5,8-11,26H,6-7,12-14H2,1H3. The van der Waals surface area contributed by atoms with Crippen molar-refractivity contribution in [3.63, 3.8) is 0 Å². The number of hydrogen-bond acceptors (Lipinski definition) is 4. The number of imidazole rings is 1. The lowest BCUT2D eigenvalue weighted by molar-refractivity contribution is 0.281. The van der Waals surface area contributed by atoms with Crippen LogP contribution >= 0.6 is 0 Å². The Bertz CT molecular complexity index is 1160. The average molecular weight is 362 g/mol. The van der Waals surface area contributed by atoms with Crippen LogP contribution < -0.4 is 5.69 Å². The molecule has 2 aromatic heterocycles. The Morgan fingerprint density at radius 3 is 2.48 bits per heavy atom. The summed E-state index contributed by atoms with van der Waals surface area (Å²) in [5.41, 5.74) is 3.30. The maximum Gasteiger partial charge on any atom is 0.348 e. The Kier molecular flexibility index (Phi) is 4.73. The maximum absolute atomic E-state index is 12.6. The van der Waals surface area contributed by atoms with E-state index in [1.54, 1.807) is 4.57 Å². The molecule has 2 aromatic carbocycles. The Hall–Kier alpha value is -2.99. The van der Waals surface area contributed by atoms with E-state index in [0.717, 1.165) is 52.8 Å². The van der Waals surface area contributed by atoms with E-state index in [1.807, 2.05) is 55.5 Å². The summed E-state index contributed by atoms with van der Waals surface area (Å²) in [6.45, 7) is 3.15. The summed E-state index contributed by atoms with van der Waals surface area (Å²) in [4.78, 5) is 21.6. The molecule has 4 aromatic rings. The van der Waals surface area contributed by atoms with Crippen molar-refractivity contribution in [3.05, 3.63) is 70.5 Å². The van der Waals surface area contributed by atoms with E-state index in [2.05, 4.69) is 9.55 Å². The number of nitrogens with zero attached hydrogens (tertiary/aromatic N) is 4. The molecular formula is C21H22N4O2. The third-order valence-corrected chi connectivity index (χ3v) is 4.90. The van der Waals surface area contributed by atoms with Gasteiger partial charge in [0.15, 0.2) is 0 Å². The Morgan fingerprint density at radius 1 is 0.926 bits per heavy atom. The molecule has 0 unspecified atom stereocenters. The van der Waals surface area contributed by atoms with Crippen LogP contribution in [0.5, 0.6) is 0 Å². The number of aliphatic hydroxyl groups excluding tert-OH is 1. The van der Waals surface area contributed by atoms with Crippen LogP contribution in [0.25, 0.3) is 21.9 Å². The van der Waals surface area contributed by atoms with Crippen molar-refractivity contribution in [3.8, 4) is 0 Å². The summed E-state index contributed by atoms with van der Waals surface area (Å²) in [6, 6.07) is 15.8. The molecule has 138 valence electrons. The molecule has 0 aliphatic rings. The largest absolute Gasteiger partial charge is 0.396 e. The van der Waals surface area contributed by atoms with Gasteiger partial charge in [-0.1, -0.05) is 30.3 Å². The zero-order valence-corrected chi connectivity index (χ0v) is 15.3. The van der Waals surface area contributed by atoms with Gasteiger partial charge in [0.05, 0.1) is 28.8 Å². The van der Waals surface area contributed by atoms with Crippen molar-refractivity contribution in [2.75, 3.05) is 6.61 Å². The highest BCUT2D eigenvalue weighted by atomic mass is 16.2. The molecule has 1 N–H and O–H groups in total. The first-order valence-electron chi connectivity index (χ1n) is 9.20. The number of rotatable bonds is 6. The van der Waals surface area contributed by atoms with Crippen LogP contribution in [0.4, 0.5) is 0 Å². The average Bonchev–Trinajstić information content (AvgIpc) is 3.03. The van der Waals surface area contributed by atoms with E-state index in [0.29, 0.717) is 6.54 Å². The number of benzene rings is 2. The van der Waals surface area contributed by atoms with Gasteiger partial charge in [0.25, 0.3) is 0 Å². The van der Waals surface area contributed by atoms with E-state index in [1.165, 1.54) is 0 Å². The lowest BCUT2D eigenvalue weighted by atomic mass is 10.2. The van der Waals surface area contributed by atoms with Crippen molar-refractivity contribution in [2.45, 2.75) is 32.9 Å². The molecule has 0 saturated heterocycles. The minimum Gasteiger partial charge on any atom is -0.396 e. The third-order valence-electron chi connectivity index (χ3n) is 4.90. The van der Waals surface area contributed by atoms with E-state index in [4.69, 9.17) is 10.1 Å². The lowest BCUT2D eigenvalue weighted by Gasteiger charge is -2.13. The fourth-order valence-corrected chi connectivity index (χ4v) is 3.55. The highest BCUT2D eigenvalue weighted by Crippen LogP contribution is 2.20. The van der Waals surface area contributed by atoms with Gasteiger partial charge >= 0.3 is 5.69 Å². The third kappa shape index (κ3) is 3.24. The molecule has 0 radical (unpaired) electrons. The van der Waals surface area contributed by atoms with Gasteiger partial charge in [-0.15, -0.1) is 0 Å². The van der Waals surface area contributed by atoms with Crippen LogP contribution in [0.1, 0.15) is 24.4 Å². The number of aromatic nitrogens is 4. The predicted molar refractivity (Wildman–Crippen MR) is 106 cm³/mol. The van der Waals surface area contributed by atoms with Gasteiger partial charge in [0, 0.05) is 18.5 Å². The number of fused-ring (bicyclic) bond motifs is 2. The van der Waals surface area contributed by atoms with E-state index in [9.17, 15) is 4.79 Å². The van der Waals surface area contributed by atoms with Gasteiger partial charge in [-0.2, -0.15) is 4.98 Å². The first-order valence-corrected chi connectivity index (χ1v) is 9.20. The van der Waals surface area contributed by atoms with Crippen LogP contribution in [0.3, 0.4) is 0 Å². The number of para-hydroxylation sites is 3. The van der Waals surface area contributed by atoms with Gasteiger partial charge in [-0.25, -0.2) is 9.78 Å². The SMILES string of the molecule is Cc1nc(=O)n(Cc2nc3ccccc3n2CCCCO)c2ccccc12. The van der Waals surface area contributed by atoms with Gasteiger partial charge < -0.3 is 9.67 Å². The maximum atomic E-state index is 12.6. The summed E-state index contributed by atoms with van der Waals surface area (Å²) >= 11 is 0. The molecule has 0 spiro atoms. The molecule has 0 amide bonds. The van der Waals surface area contributed by atoms with Gasteiger partial charge in [0.1, 0.15) is 5.82 Å². The van der Waals surface area contributed by atoms with Crippen LogP contribution in [0, 0.1) is 6.92 Å². The molecule has 0 saturated carbocycles. The van der Waals surface area contributed by atoms with Gasteiger partial charge in [0.2, 0.25) is 0 Å². The van der Waals surface area contributed by atoms with Crippen molar-refractivity contribution < 1.29 is 5.11 Å². The normalized spacial score (nSPS) is 11.5. The minimum absolute atomic E-state index is 0.175. The molecule has 6 heteroatoms. The predicted octanol–water partition coefficient (Wildman–Crippen LogP) is 2.88.